The zero-order valence-electron chi connectivity index (χ0n) is 13.2. The van der Waals surface area contributed by atoms with Gasteiger partial charge in [0.15, 0.2) is 0 Å². The van der Waals surface area contributed by atoms with Crippen molar-refractivity contribution in [1.82, 2.24) is 5.32 Å². The van der Waals surface area contributed by atoms with E-state index >= 15 is 0 Å². The third-order valence-corrected chi connectivity index (χ3v) is 5.53. The second-order valence-electron chi connectivity index (χ2n) is 6.31. The van der Waals surface area contributed by atoms with Gasteiger partial charge in [0.25, 0.3) is 0 Å². The topological polar surface area (TPSA) is 12.0 Å². The lowest BCUT2D eigenvalue weighted by molar-refractivity contribution is 0.209. The second kappa shape index (κ2) is 8.41. The number of hydrogen-bond acceptors (Lipinski definition) is 1. The molecule has 1 aliphatic carbocycles. The van der Waals surface area contributed by atoms with E-state index in [1.165, 1.54) is 37.7 Å². The van der Waals surface area contributed by atoms with Crippen LogP contribution in [0.1, 0.15) is 64.0 Å². The lowest BCUT2D eigenvalue weighted by atomic mass is 9.75. The van der Waals surface area contributed by atoms with Crippen LogP contribution in [0.4, 0.5) is 0 Å². The van der Waals surface area contributed by atoms with E-state index in [0.29, 0.717) is 22.0 Å². The van der Waals surface area contributed by atoms with Crippen LogP contribution in [0.3, 0.4) is 0 Å². The molecule has 1 nitrogen and oxygen atoms in total. The molecule has 0 amide bonds. The van der Waals surface area contributed by atoms with Crippen LogP contribution in [0.2, 0.25) is 10.0 Å². The van der Waals surface area contributed by atoms with Crippen LogP contribution in [0, 0.1) is 11.8 Å². The zero-order valence-corrected chi connectivity index (χ0v) is 14.7. The summed E-state index contributed by atoms with van der Waals surface area (Å²) in [6, 6.07) is 6.53. The molecule has 1 aromatic carbocycles. The summed E-state index contributed by atoms with van der Waals surface area (Å²) in [6.45, 7) is 5.59. The second-order valence-corrected chi connectivity index (χ2v) is 7.12. The van der Waals surface area contributed by atoms with Gasteiger partial charge in [-0.25, -0.2) is 0 Å². The van der Waals surface area contributed by atoms with Gasteiger partial charge in [0.1, 0.15) is 0 Å². The first kappa shape index (κ1) is 17.1. The Labute approximate surface area is 139 Å². The van der Waals surface area contributed by atoms with Crippen molar-refractivity contribution in [2.45, 2.75) is 58.4 Å². The molecule has 3 atom stereocenters. The molecule has 3 unspecified atom stereocenters. The maximum atomic E-state index is 6.23. The fraction of sp³-hybridized carbons (Fsp3) is 0.667. The highest BCUT2D eigenvalue weighted by Crippen LogP contribution is 2.39. The Morgan fingerprint density at radius 2 is 2.00 bits per heavy atom. The average Bonchev–Trinajstić information content (AvgIpc) is 2.51. The minimum Gasteiger partial charge on any atom is -0.310 e. The van der Waals surface area contributed by atoms with Gasteiger partial charge in [-0.3, -0.25) is 0 Å². The molecule has 1 saturated carbocycles. The molecule has 0 aliphatic heterocycles. The van der Waals surface area contributed by atoms with E-state index < -0.39 is 0 Å². The largest absolute Gasteiger partial charge is 0.310 e. The summed E-state index contributed by atoms with van der Waals surface area (Å²) in [5.41, 5.74) is 1.29. The number of rotatable bonds is 6. The van der Waals surface area contributed by atoms with Crippen LogP contribution in [-0.2, 0) is 0 Å². The standard InChI is InChI=1S/C18H27Cl2N/c1-3-10-21-18(14-7-5-6-13(4-2)11-14)15-8-9-16(19)17(20)12-15/h8-9,12-14,18,21H,3-7,10-11H2,1-2H3. The molecule has 0 spiro atoms. The summed E-state index contributed by atoms with van der Waals surface area (Å²) in [4.78, 5) is 0. The molecule has 1 fully saturated rings. The smallest absolute Gasteiger partial charge is 0.0595 e. The van der Waals surface area contributed by atoms with Crippen molar-refractivity contribution in [2.24, 2.45) is 11.8 Å². The summed E-state index contributed by atoms with van der Waals surface area (Å²) < 4.78 is 0. The molecular formula is C18H27Cl2N. The molecule has 0 saturated heterocycles. The lowest BCUT2D eigenvalue weighted by Gasteiger charge is -2.35. The van der Waals surface area contributed by atoms with Gasteiger partial charge in [0.05, 0.1) is 10.0 Å². The predicted octanol–water partition coefficient (Wildman–Crippen LogP) is 6.25. The molecule has 0 heterocycles. The minimum absolute atomic E-state index is 0.411. The molecule has 1 aliphatic rings. The van der Waals surface area contributed by atoms with Gasteiger partial charge in [-0.15, -0.1) is 0 Å². The van der Waals surface area contributed by atoms with Gasteiger partial charge in [0.2, 0.25) is 0 Å². The van der Waals surface area contributed by atoms with E-state index in [2.05, 4.69) is 25.2 Å². The van der Waals surface area contributed by atoms with Gasteiger partial charge in [-0.05, 0) is 55.3 Å². The SMILES string of the molecule is CCCNC(c1ccc(Cl)c(Cl)c1)C1CCCC(CC)C1. The molecule has 0 bridgehead atoms. The number of benzene rings is 1. The summed E-state index contributed by atoms with van der Waals surface area (Å²) in [7, 11) is 0. The highest BCUT2D eigenvalue weighted by molar-refractivity contribution is 6.42. The minimum atomic E-state index is 0.411. The van der Waals surface area contributed by atoms with E-state index in [9.17, 15) is 0 Å². The molecule has 2 rings (SSSR count). The van der Waals surface area contributed by atoms with Crippen LogP contribution in [-0.4, -0.2) is 6.54 Å². The van der Waals surface area contributed by atoms with Crippen molar-refractivity contribution in [3.05, 3.63) is 33.8 Å². The molecule has 3 heteroatoms. The van der Waals surface area contributed by atoms with Crippen molar-refractivity contribution < 1.29 is 0 Å². The van der Waals surface area contributed by atoms with E-state index in [-0.39, 0.29) is 0 Å². The van der Waals surface area contributed by atoms with Crippen LogP contribution in [0.5, 0.6) is 0 Å². The monoisotopic (exact) mass is 327 g/mol. The van der Waals surface area contributed by atoms with Crippen molar-refractivity contribution in [3.63, 3.8) is 0 Å². The van der Waals surface area contributed by atoms with Gasteiger partial charge >= 0.3 is 0 Å². The summed E-state index contributed by atoms with van der Waals surface area (Å²) in [5, 5.41) is 5.06. The Bertz CT molecular complexity index is 447. The third-order valence-electron chi connectivity index (χ3n) is 4.79. The fourth-order valence-corrected chi connectivity index (χ4v) is 3.87. The first-order valence-corrected chi connectivity index (χ1v) is 9.09. The molecule has 1 N–H and O–H groups in total. The predicted molar refractivity (Wildman–Crippen MR) is 93.2 cm³/mol. The van der Waals surface area contributed by atoms with Crippen molar-refractivity contribution >= 4 is 23.2 Å². The van der Waals surface area contributed by atoms with E-state index in [0.717, 1.165) is 18.9 Å². The Hall–Kier alpha value is -0.240. The van der Waals surface area contributed by atoms with Crippen LogP contribution in [0.15, 0.2) is 18.2 Å². The molecule has 1 aromatic rings. The lowest BCUT2D eigenvalue weighted by Crippen LogP contribution is -2.32. The maximum absolute atomic E-state index is 6.23. The highest BCUT2D eigenvalue weighted by atomic mass is 35.5. The van der Waals surface area contributed by atoms with Crippen LogP contribution >= 0.6 is 23.2 Å². The first-order chi connectivity index (χ1) is 10.2. The highest BCUT2D eigenvalue weighted by Gasteiger charge is 2.28. The Morgan fingerprint density at radius 1 is 1.19 bits per heavy atom. The van der Waals surface area contributed by atoms with E-state index in [4.69, 9.17) is 23.2 Å². The number of nitrogens with one attached hydrogen (secondary N) is 1. The van der Waals surface area contributed by atoms with Crippen LogP contribution in [0.25, 0.3) is 0 Å². The van der Waals surface area contributed by atoms with Crippen molar-refractivity contribution in [2.75, 3.05) is 6.54 Å². The van der Waals surface area contributed by atoms with Gasteiger partial charge in [0, 0.05) is 6.04 Å². The molecular weight excluding hydrogens is 301 g/mol. The quantitative estimate of drug-likeness (QED) is 0.651. The number of halogens is 2. The molecule has 21 heavy (non-hydrogen) atoms. The van der Waals surface area contributed by atoms with Gasteiger partial charge in [-0.1, -0.05) is 62.4 Å². The Morgan fingerprint density at radius 3 is 2.67 bits per heavy atom. The Kier molecular flexibility index (Phi) is 6.85. The van der Waals surface area contributed by atoms with Crippen LogP contribution < -0.4 is 5.32 Å². The third kappa shape index (κ3) is 4.61. The number of hydrogen-bond donors (Lipinski definition) is 1. The first-order valence-electron chi connectivity index (χ1n) is 8.34. The summed E-state index contributed by atoms with van der Waals surface area (Å²) in [6.07, 6.45) is 7.86. The maximum Gasteiger partial charge on any atom is 0.0595 e. The fourth-order valence-electron chi connectivity index (χ4n) is 3.57. The zero-order chi connectivity index (χ0) is 15.2. The van der Waals surface area contributed by atoms with E-state index in [1.54, 1.807) is 0 Å². The molecule has 0 radical (unpaired) electrons. The summed E-state index contributed by atoms with van der Waals surface area (Å²) >= 11 is 12.3. The summed E-state index contributed by atoms with van der Waals surface area (Å²) in [5.74, 6) is 1.60. The van der Waals surface area contributed by atoms with Gasteiger partial charge < -0.3 is 5.32 Å². The van der Waals surface area contributed by atoms with Gasteiger partial charge in [-0.2, -0.15) is 0 Å². The molecule has 0 aromatic heterocycles. The normalized spacial score (nSPS) is 24.0. The van der Waals surface area contributed by atoms with Crippen molar-refractivity contribution in [1.29, 1.82) is 0 Å². The van der Waals surface area contributed by atoms with Crippen molar-refractivity contribution in [3.8, 4) is 0 Å². The van der Waals surface area contributed by atoms with E-state index in [1.807, 2.05) is 12.1 Å². The Balaban J connectivity index is 2.18. The molecule has 118 valence electrons. The average molecular weight is 328 g/mol.